The van der Waals surface area contributed by atoms with Gasteiger partial charge < -0.3 is 10.2 Å². The molecule has 1 N–H and O–H groups in total. The number of nitrogens with zero attached hydrogens (tertiary/aromatic N) is 2. The van der Waals surface area contributed by atoms with E-state index in [1.54, 1.807) is 18.7 Å². The van der Waals surface area contributed by atoms with Gasteiger partial charge >= 0.3 is 0 Å². The van der Waals surface area contributed by atoms with Crippen molar-refractivity contribution in [3.05, 3.63) is 29.8 Å². The molecular formula is C18H29N3O4S. The molecule has 0 bridgehead atoms. The molecule has 0 fully saturated rings. The van der Waals surface area contributed by atoms with Crippen molar-refractivity contribution in [3.8, 4) is 0 Å². The molecule has 2 amide bonds. The fraction of sp³-hybridized carbons (Fsp3) is 0.556. The van der Waals surface area contributed by atoms with Gasteiger partial charge in [-0.15, -0.1) is 0 Å². The third-order valence-electron chi connectivity index (χ3n) is 4.13. The summed E-state index contributed by atoms with van der Waals surface area (Å²) in [5.74, 6) is -0.343. The lowest BCUT2D eigenvalue weighted by Crippen LogP contribution is -2.41. The minimum atomic E-state index is -3.53. The maximum Gasteiger partial charge on any atom is 0.251 e. The number of sulfonamides is 1. The smallest absolute Gasteiger partial charge is 0.251 e. The lowest BCUT2D eigenvalue weighted by Gasteiger charge is -2.25. The number of hydrogen-bond donors (Lipinski definition) is 1. The molecular weight excluding hydrogens is 354 g/mol. The second-order valence-corrected chi connectivity index (χ2v) is 8.11. The first-order valence-electron chi connectivity index (χ1n) is 8.80. The molecule has 0 spiro atoms. The van der Waals surface area contributed by atoms with E-state index in [-0.39, 0.29) is 22.8 Å². The van der Waals surface area contributed by atoms with E-state index in [2.05, 4.69) is 5.32 Å². The van der Waals surface area contributed by atoms with E-state index in [0.717, 1.165) is 0 Å². The van der Waals surface area contributed by atoms with Crippen LogP contribution >= 0.6 is 0 Å². The highest BCUT2D eigenvalue weighted by molar-refractivity contribution is 7.89. The van der Waals surface area contributed by atoms with Gasteiger partial charge in [0.05, 0.1) is 4.90 Å². The summed E-state index contributed by atoms with van der Waals surface area (Å²) in [6, 6.07) is 5.94. The van der Waals surface area contributed by atoms with Crippen molar-refractivity contribution in [2.45, 2.75) is 45.6 Å². The van der Waals surface area contributed by atoms with E-state index < -0.39 is 10.0 Å². The summed E-state index contributed by atoms with van der Waals surface area (Å²) in [7, 11) is -3.53. The first kappa shape index (κ1) is 22.1. The summed E-state index contributed by atoms with van der Waals surface area (Å²) in [6.07, 6.45) is 0. The van der Waals surface area contributed by atoms with Crippen molar-refractivity contribution in [2.75, 3.05) is 26.2 Å². The van der Waals surface area contributed by atoms with Gasteiger partial charge in [0.1, 0.15) is 0 Å². The van der Waals surface area contributed by atoms with Crippen molar-refractivity contribution >= 4 is 21.8 Å². The van der Waals surface area contributed by atoms with Gasteiger partial charge in [0, 0.05) is 44.7 Å². The Morgan fingerprint density at radius 3 is 2.04 bits per heavy atom. The van der Waals surface area contributed by atoms with E-state index in [1.807, 2.05) is 13.8 Å². The van der Waals surface area contributed by atoms with Gasteiger partial charge in [0.15, 0.2) is 0 Å². The average Bonchev–Trinajstić information content (AvgIpc) is 2.58. The quantitative estimate of drug-likeness (QED) is 0.703. The number of hydrogen-bond acceptors (Lipinski definition) is 4. The van der Waals surface area contributed by atoms with Crippen LogP contribution in [0.3, 0.4) is 0 Å². The van der Waals surface area contributed by atoms with Gasteiger partial charge in [-0.25, -0.2) is 8.42 Å². The van der Waals surface area contributed by atoms with Crippen molar-refractivity contribution in [1.82, 2.24) is 14.5 Å². The van der Waals surface area contributed by atoms with Crippen LogP contribution in [0.5, 0.6) is 0 Å². The highest BCUT2D eigenvalue weighted by atomic mass is 32.2. The highest BCUT2D eigenvalue weighted by Gasteiger charge is 2.21. The zero-order valence-corrected chi connectivity index (χ0v) is 17.0. The monoisotopic (exact) mass is 383 g/mol. The first-order valence-corrected chi connectivity index (χ1v) is 10.2. The molecule has 0 saturated heterocycles. The summed E-state index contributed by atoms with van der Waals surface area (Å²) in [5.41, 5.74) is 0.377. The Bertz CT molecular complexity index is 710. The van der Waals surface area contributed by atoms with Crippen LogP contribution < -0.4 is 5.32 Å². The average molecular weight is 384 g/mol. The van der Waals surface area contributed by atoms with Gasteiger partial charge in [0.2, 0.25) is 15.9 Å². The zero-order valence-electron chi connectivity index (χ0n) is 16.2. The number of carbonyl (C=O) groups excluding carboxylic acids is 2. The maximum absolute atomic E-state index is 12.4. The van der Waals surface area contributed by atoms with Crippen LogP contribution in [0.1, 0.15) is 45.0 Å². The standard InChI is InChI=1S/C18H29N3O4S/c1-6-20(7-2)26(24,25)17-10-8-16(9-11-17)18(23)19-12-13-21(14(3)4)15(5)22/h8-11,14H,6-7,12-13H2,1-5H3,(H,19,23). The van der Waals surface area contributed by atoms with E-state index in [0.29, 0.717) is 31.7 Å². The lowest BCUT2D eigenvalue weighted by atomic mass is 10.2. The van der Waals surface area contributed by atoms with Crippen LogP contribution in [0.25, 0.3) is 0 Å². The largest absolute Gasteiger partial charge is 0.350 e. The van der Waals surface area contributed by atoms with Crippen LogP contribution in [0.4, 0.5) is 0 Å². The third kappa shape index (κ3) is 5.54. The van der Waals surface area contributed by atoms with Gasteiger partial charge in [0.25, 0.3) is 5.91 Å². The predicted octanol–water partition coefficient (Wildman–Crippen LogP) is 1.70. The minimum Gasteiger partial charge on any atom is -0.350 e. The number of amides is 2. The van der Waals surface area contributed by atoms with E-state index in [1.165, 1.54) is 35.5 Å². The third-order valence-corrected chi connectivity index (χ3v) is 6.19. The van der Waals surface area contributed by atoms with Crippen LogP contribution in [-0.4, -0.2) is 61.7 Å². The fourth-order valence-electron chi connectivity index (χ4n) is 2.66. The van der Waals surface area contributed by atoms with Gasteiger partial charge in [-0.2, -0.15) is 4.31 Å². The second-order valence-electron chi connectivity index (χ2n) is 6.18. The van der Waals surface area contributed by atoms with Crippen LogP contribution in [0.2, 0.25) is 0 Å². The number of rotatable bonds is 9. The van der Waals surface area contributed by atoms with E-state index >= 15 is 0 Å². The second kappa shape index (κ2) is 9.68. The molecule has 1 aromatic rings. The number of carbonyl (C=O) groups is 2. The summed E-state index contributed by atoms with van der Waals surface area (Å²) in [4.78, 5) is 25.6. The van der Waals surface area contributed by atoms with Crippen molar-refractivity contribution < 1.29 is 18.0 Å². The minimum absolute atomic E-state index is 0.0415. The molecule has 26 heavy (non-hydrogen) atoms. The van der Waals surface area contributed by atoms with E-state index in [9.17, 15) is 18.0 Å². The maximum atomic E-state index is 12.4. The summed E-state index contributed by atoms with van der Waals surface area (Å²) in [6.45, 7) is 10.4. The van der Waals surface area contributed by atoms with Gasteiger partial charge in [-0.3, -0.25) is 9.59 Å². The first-order chi connectivity index (χ1) is 12.1. The predicted molar refractivity (Wildman–Crippen MR) is 101 cm³/mol. The molecule has 0 aliphatic heterocycles. The van der Waals surface area contributed by atoms with Crippen LogP contribution in [0, 0.1) is 0 Å². The molecule has 0 heterocycles. The van der Waals surface area contributed by atoms with E-state index in [4.69, 9.17) is 0 Å². The Balaban J connectivity index is 2.74. The molecule has 1 aromatic carbocycles. The summed E-state index contributed by atoms with van der Waals surface area (Å²) >= 11 is 0. The Morgan fingerprint density at radius 1 is 1.08 bits per heavy atom. The lowest BCUT2D eigenvalue weighted by molar-refractivity contribution is -0.130. The number of benzene rings is 1. The van der Waals surface area contributed by atoms with Gasteiger partial charge in [-0.05, 0) is 38.1 Å². The highest BCUT2D eigenvalue weighted by Crippen LogP contribution is 2.16. The van der Waals surface area contributed by atoms with Crippen LogP contribution in [-0.2, 0) is 14.8 Å². The number of nitrogens with one attached hydrogen (secondary N) is 1. The van der Waals surface area contributed by atoms with Gasteiger partial charge in [-0.1, -0.05) is 13.8 Å². The Hall–Kier alpha value is -1.93. The molecule has 146 valence electrons. The van der Waals surface area contributed by atoms with Crippen LogP contribution in [0.15, 0.2) is 29.2 Å². The SMILES string of the molecule is CCN(CC)S(=O)(=O)c1ccc(C(=O)NCCN(C(C)=O)C(C)C)cc1. The zero-order chi connectivity index (χ0) is 19.9. The van der Waals surface area contributed by atoms with Crippen molar-refractivity contribution in [3.63, 3.8) is 0 Å². The molecule has 7 nitrogen and oxygen atoms in total. The molecule has 0 atom stereocenters. The molecule has 0 aromatic heterocycles. The molecule has 1 rings (SSSR count). The Morgan fingerprint density at radius 2 is 1.62 bits per heavy atom. The Labute approximate surface area is 156 Å². The summed E-state index contributed by atoms with van der Waals surface area (Å²) in [5, 5.41) is 2.75. The van der Waals surface area contributed by atoms with Crippen molar-refractivity contribution in [1.29, 1.82) is 0 Å². The normalized spacial score (nSPS) is 11.7. The topological polar surface area (TPSA) is 86.8 Å². The molecule has 0 aliphatic carbocycles. The fourth-order valence-corrected chi connectivity index (χ4v) is 4.12. The molecule has 0 aliphatic rings. The molecule has 0 unspecified atom stereocenters. The molecule has 0 radical (unpaired) electrons. The molecule has 0 saturated carbocycles. The Kier molecular flexibility index (Phi) is 8.23. The molecule has 8 heteroatoms. The van der Waals surface area contributed by atoms with Crippen molar-refractivity contribution in [2.24, 2.45) is 0 Å². The summed E-state index contributed by atoms with van der Waals surface area (Å²) < 4.78 is 26.2.